The lowest BCUT2D eigenvalue weighted by Crippen LogP contribution is -2.14. The Morgan fingerprint density at radius 2 is 1.84 bits per heavy atom. The highest BCUT2D eigenvalue weighted by molar-refractivity contribution is 6.35. The Balaban J connectivity index is 2.25. The van der Waals surface area contributed by atoms with Gasteiger partial charge >= 0.3 is 0 Å². The van der Waals surface area contributed by atoms with Gasteiger partial charge in [0.15, 0.2) is 11.6 Å². The first-order valence-electron chi connectivity index (χ1n) is 5.06. The topological polar surface area (TPSA) is 42.0 Å². The number of carbonyl (C=O) groups excluding carboxylic acids is 1. The minimum absolute atomic E-state index is 0.0849. The summed E-state index contributed by atoms with van der Waals surface area (Å²) in [6, 6.07) is 5.81. The first-order chi connectivity index (χ1) is 8.97. The lowest BCUT2D eigenvalue weighted by atomic mass is 10.2. The van der Waals surface area contributed by atoms with Crippen LogP contribution in [-0.4, -0.2) is 10.9 Å². The third-order valence-corrected chi connectivity index (χ3v) is 2.72. The Labute approximate surface area is 117 Å². The number of pyridine rings is 1. The van der Waals surface area contributed by atoms with Gasteiger partial charge in [-0.1, -0.05) is 23.2 Å². The predicted octanol–water partition coefficient (Wildman–Crippen LogP) is 3.92. The number of aromatic nitrogens is 1. The van der Waals surface area contributed by atoms with Crippen LogP contribution in [0.5, 0.6) is 0 Å². The number of amides is 1. The van der Waals surface area contributed by atoms with Gasteiger partial charge in [0, 0.05) is 11.8 Å². The van der Waals surface area contributed by atoms with Crippen molar-refractivity contribution in [3.63, 3.8) is 0 Å². The van der Waals surface area contributed by atoms with E-state index in [9.17, 15) is 13.6 Å². The molecule has 3 nitrogen and oxygen atoms in total. The lowest BCUT2D eigenvalue weighted by molar-refractivity contribution is 0.102. The molecule has 0 radical (unpaired) electrons. The van der Waals surface area contributed by atoms with Gasteiger partial charge < -0.3 is 5.32 Å². The second-order valence-electron chi connectivity index (χ2n) is 3.55. The van der Waals surface area contributed by atoms with E-state index in [1.54, 1.807) is 0 Å². The molecule has 1 aromatic heterocycles. The van der Waals surface area contributed by atoms with Crippen LogP contribution >= 0.6 is 23.2 Å². The van der Waals surface area contributed by atoms with Crippen molar-refractivity contribution in [1.82, 2.24) is 4.98 Å². The van der Waals surface area contributed by atoms with Gasteiger partial charge in [-0.25, -0.2) is 13.8 Å². The van der Waals surface area contributed by atoms with E-state index in [0.29, 0.717) is 0 Å². The number of nitrogens with zero attached hydrogens (tertiary/aromatic N) is 1. The van der Waals surface area contributed by atoms with E-state index in [0.717, 1.165) is 12.1 Å². The molecule has 0 aliphatic rings. The Bertz CT molecular complexity index is 650. The highest BCUT2D eigenvalue weighted by Crippen LogP contribution is 2.19. The van der Waals surface area contributed by atoms with Gasteiger partial charge in [-0.15, -0.1) is 0 Å². The van der Waals surface area contributed by atoms with Crippen LogP contribution in [0.25, 0.3) is 0 Å². The fraction of sp³-hybridized carbons (Fsp3) is 0. The van der Waals surface area contributed by atoms with Crippen LogP contribution in [0.2, 0.25) is 10.2 Å². The van der Waals surface area contributed by atoms with E-state index in [4.69, 9.17) is 23.2 Å². The van der Waals surface area contributed by atoms with Crippen molar-refractivity contribution in [2.75, 3.05) is 5.32 Å². The van der Waals surface area contributed by atoms with E-state index in [2.05, 4.69) is 10.3 Å². The minimum atomic E-state index is -1.07. The van der Waals surface area contributed by atoms with E-state index in [1.165, 1.54) is 18.2 Å². The van der Waals surface area contributed by atoms with Crippen LogP contribution in [0.1, 0.15) is 10.5 Å². The fourth-order valence-electron chi connectivity index (χ4n) is 1.34. The highest BCUT2D eigenvalue weighted by atomic mass is 35.5. The summed E-state index contributed by atoms with van der Waals surface area (Å²) in [6.45, 7) is 0. The number of benzene rings is 1. The van der Waals surface area contributed by atoms with E-state index in [1.807, 2.05) is 0 Å². The van der Waals surface area contributed by atoms with Crippen LogP contribution in [0, 0.1) is 11.6 Å². The summed E-state index contributed by atoms with van der Waals surface area (Å²) in [5.41, 5.74) is -0.0133. The third-order valence-electron chi connectivity index (χ3n) is 2.20. The summed E-state index contributed by atoms with van der Waals surface area (Å²) >= 11 is 11.4. The molecular weight excluding hydrogens is 297 g/mol. The van der Waals surface area contributed by atoms with Crippen molar-refractivity contribution in [2.45, 2.75) is 0 Å². The fourth-order valence-corrected chi connectivity index (χ4v) is 1.68. The summed E-state index contributed by atoms with van der Waals surface area (Å²) < 4.78 is 25.7. The normalized spacial score (nSPS) is 10.3. The Morgan fingerprint density at radius 3 is 2.53 bits per heavy atom. The van der Waals surface area contributed by atoms with Crippen molar-refractivity contribution in [2.24, 2.45) is 0 Å². The molecule has 98 valence electrons. The first-order valence-corrected chi connectivity index (χ1v) is 5.81. The summed E-state index contributed by atoms with van der Waals surface area (Å²) in [6.07, 6.45) is 0. The minimum Gasteiger partial charge on any atom is -0.320 e. The molecule has 0 fully saturated rings. The summed E-state index contributed by atoms with van der Waals surface area (Å²) in [5.74, 6) is -2.74. The van der Waals surface area contributed by atoms with Gasteiger partial charge in [0.05, 0.1) is 5.02 Å². The standard InChI is InChI=1S/C12H6Cl2F2N2O/c13-7-2-4-10(14)18-11(7)12(19)17-6-1-3-8(15)9(16)5-6/h1-5H,(H,17,19). The van der Waals surface area contributed by atoms with Gasteiger partial charge in [-0.2, -0.15) is 0 Å². The number of carbonyl (C=O) groups is 1. The van der Waals surface area contributed by atoms with Crippen LogP contribution < -0.4 is 5.32 Å². The molecule has 0 aliphatic heterocycles. The van der Waals surface area contributed by atoms with Gasteiger partial charge in [0.1, 0.15) is 10.8 Å². The molecule has 0 unspecified atom stereocenters. The second-order valence-corrected chi connectivity index (χ2v) is 4.34. The zero-order chi connectivity index (χ0) is 14.0. The van der Waals surface area contributed by atoms with E-state index in [-0.39, 0.29) is 21.6 Å². The molecule has 1 amide bonds. The molecule has 0 bridgehead atoms. The molecular formula is C12H6Cl2F2N2O. The first kappa shape index (κ1) is 13.7. The van der Waals surface area contributed by atoms with Crippen molar-refractivity contribution in [1.29, 1.82) is 0 Å². The average molecular weight is 303 g/mol. The zero-order valence-corrected chi connectivity index (χ0v) is 10.8. The summed E-state index contributed by atoms with van der Waals surface area (Å²) in [4.78, 5) is 15.6. The molecule has 0 saturated carbocycles. The largest absolute Gasteiger partial charge is 0.320 e. The number of anilines is 1. The van der Waals surface area contributed by atoms with E-state index >= 15 is 0 Å². The number of hydrogen-bond acceptors (Lipinski definition) is 2. The van der Waals surface area contributed by atoms with Crippen LogP contribution in [0.15, 0.2) is 30.3 Å². The number of nitrogens with one attached hydrogen (secondary N) is 1. The van der Waals surface area contributed by atoms with Gasteiger partial charge in [-0.3, -0.25) is 4.79 Å². The van der Waals surface area contributed by atoms with Crippen LogP contribution in [-0.2, 0) is 0 Å². The highest BCUT2D eigenvalue weighted by Gasteiger charge is 2.14. The van der Waals surface area contributed by atoms with Gasteiger partial charge in [0.25, 0.3) is 5.91 Å². The molecule has 2 aromatic rings. The molecule has 0 aliphatic carbocycles. The lowest BCUT2D eigenvalue weighted by Gasteiger charge is -2.06. The summed E-state index contributed by atoms with van der Waals surface area (Å²) in [5, 5.41) is 2.54. The molecule has 2 rings (SSSR count). The number of halogens is 4. The number of rotatable bonds is 2. The Morgan fingerprint density at radius 1 is 1.11 bits per heavy atom. The quantitative estimate of drug-likeness (QED) is 0.854. The molecule has 19 heavy (non-hydrogen) atoms. The molecule has 1 N–H and O–H groups in total. The van der Waals surface area contributed by atoms with E-state index < -0.39 is 17.5 Å². The van der Waals surface area contributed by atoms with Crippen molar-refractivity contribution in [3.8, 4) is 0 Å². The maximum atomic E-state index is 13.0. The Kier molecular flexibility index (Phi) is 3.97. The maximum Gasteiger partial charge on any atom is 0.275 e. The van der Waals surface area contributed by atoms with Crippen LogP contribution in [0.3, 0.4) is 0 Å². The zero-order valence-electron chi connectivity index (χ0n) is 9.25. The van der Waals surface area contributed by atoms with Crippen LogP contribution in [0.4, 0.5) is 14.5 Å². The molecule has 0 atom stereocenters. The third kappa shape index (κ3) is 3.19. The SMILES string of the molecule is O=C(Nc1ccc(F)c(F)c1)c1nc(Cl)ccc1Cl. The van der Waals surface area contributed by atoms with Gasteiger partial charge in [0.2, 0.25) is 0 Å². The number of hydrogen-bond donors (Lipinski definition) is 1. The van der Waals surface area contributed by atoms with Crippen molar-refractivity contribution >= 4 is 34.8 Å². The predicted molar refractivity (Wildman–Crippen MR) is 68.6 cm³/mol. The Hall–Kier alpha value is -1.72. The van der Waals surface area contributed by atoms with Crippen molar-refractivity contribution in [3.05, 3.63) is 57.8 Å². The molecule has 0 saturated heterocycles. The average Bonchev–Trinajstić information content (AvgIpc) is 2.36. The van der Waals surface area contributed by atoms with Gasteiger partial charge in [-0.05, 0) is 24.3 Å². The maximum absolute atomic E-state index is 13.0. The molecule has 0 spiro atoms. The monoisotopic (exact) mass is 302 g/mol. The molecule has 1 aromatic carbocycles. The molecule has 1 heterocycles. The molecule has 7 heteroatoms. The summed E-state index contributed by atoms with van der Waals surface area (Å²) in [7, 11) is 0. The van der Waals surface area contributed by atoms with Crippen molar-refractivity contribution < 1.29 is 13.6 Å². The smallest absolute Gasteiger partial charge is 0.275 e. The second kappa shape index (κ2) is 5.50.